The maximum atomic E-state index is 12.4. The first kappa shape index (κ1) is 19.7. The molecule has 0 saturated carbocycles. The summed E-state index contributed by atoms with van der Waals surface area (Å²) in [7, 11) is 0. The maximum Gasteiger partial charge on any atom is 0.393 e. The van der Waals surface area contributed by atoms with Crippen LogP contribution in [0.25, 0.3) is 0 Å². The molecular weight excluding hydrogens is 333 g/mol. The fourth-order valence-electron chi connectivity index (χ4n) is 2.54. The molecule has 0 atom stereocenters. The van der Waals surface area contributed by atoms with Gasteiger partial charge in [0.2, 0.25) is 5.91 Å². The predicted octanol–water partition coefficient (Wildman–Crippen LogP) is 2.91. The van der Waals surface area contributed by atoms with Crippen molar-refractivity contribution in [1.82, 2.24) is 0 Å². The van der Waals surface area contributed by atoms with Crippen LogP contribution in [0, 0.1) is 5.41 Å². The molecule has 1 heterocycles. The molecule has 1 aliphatic heterocycles. The molecule has 23 heavy (non-hydrogen) atoms. The van der Waals surface area contributed by atoms with E-state index in [-0.39, 0.29) is 30.4 Å². The predicted molar refractivity (Wildman–Crippen MR) is 83.6 cm³/mol. The Balaban J connectivity index is 0.00000264. The summed E-state index contributed by atoms with van der Waals surface area (Å²) in [6.45, 7) is 1.10. The molecule has 1 aromatic carbocycles. The van der Waals surface area contributed by atoms with Crippen LogP contribution in [0.4, 0.5) is 18.9 Å². The minimum atomic E-state index is -4.28. The molecule has 0 aliphatic carbocycles. The summed E-state index contributed by atoms with van der Waals surface area (Å²) in [6.07, 6.45) is -4.27. The van der Waals surface area contributed by atoms with Crippen molar-refractivity contribution < 1.29 is 22.7 Å². The summed E-state index contributed by atoms with van der Waals surface area (Å²) in [4.78, 5) is 12.4. The SMILES string of the molecule is Cl.NCC1(C(=O)Nc2cccc(CC(F)(F)F)c2)CCOCC1. The van der Waals surface area contributed by atoms with E-state index in [0.717, 1.165) is 0 Å². The quantitative estimate of drug-likeness (QED) is 0.875. The highest BCUT2D eigenvalue weighted by atomic mass is 35.5. The van der Waals surface area contributed by atoms with Crippen molar-refractivity contribution in [2.24, 2.45) is 11.1 Å². The number of anilines is 1. The fourth-order valence-corrected chi connectivity index (χ4v) is 2.54. The van der Waals surface area contributed by atoms with E-state index in [2.05, 4.69) is 5.32 Å². The van der Waals surface area contributed by atoms with Crippen LogP contribution in [-0.4, -0.2) is 31.8 Å². The summed E-state index contributed by atoms with van der Waals surface area (Å²) < 4.78 is 42.5. The molecule has 1 aliphatic rings. The van der Waals surface area contributed by atoms with Crippen LogP contribution in [-0.2, 0) is 16.0 Å². The van der Waals surface area contributed by atoms with Crippen LogP contribution in [0.15, 0.2) is 24.3 Å². The lowest BCUT2D eigenvalue weighted by Crippen LogP contribution is -2.46. The number of carbonyl (C=O) groups excluding carboxylic acids is 1. The molecule has 4 nitrogen and oxygen atoms in total. The van der Waals surface area contributed by atoms with Gasteiger partial charge in [-0.05, 0) is 30.5 Å². The number of alkyl halides is 3. The van der Waals surface area contributed by atoms with Crippen molar-refractivity contribution in [1.29, 1.82) is 0 Å². The van der Waals surface area contributed by atoms with Gasteiger partial charge in [-0.1, -0.05) is 12.1 Å². The third-order valence-corrected chi connectivity index (χ3v) is 3.91. The van der Waals surface area contributed by atoms with Gasteiger partial charge in [0.1, 0.15) is 0 Å². The molecular formula is C15H20ClF3N2O2. The standard InChI is InChI=1S/C15H19F3N2O2.ClH/c16-15(17,18)9-11-2-1-3-12(8-11)20-13(21)14(10-19)4-6-22-7-5-14;/h1-3,8H,4-7,9-10,19H2,(H,20,21);1H. The van der Waals surface area contributed by atoms with Gasteiger partial charge in [0.25, 0.3) is 0 Å². The monoisotopic (exact) mass is 352 g/mol. The number of halogens is 4. The highest BCUT2D eigenvalue weighted by Crippen LogP contribution is 2.31. The first-order valence-electron chi connectivity index (χ1n) is 7.10. The van der Waals surface area contributed by atoms with E-state index in [4.69, 9.17) is 10.5 Å². The van der Waals surface area contributed by atoms with E-state index >= 15 is 0 Å². The van der Waals surface area contributed by atoms with Crippen molar-refractivity contribution in [3.05, 3.63) is 29.8 Å². The van der Waals surface area contributed by atoms with E-state index in [1.165, 1.54) is 18.2 Å². The van der Waals surface area contributed by atoms with Crippen LogP contribution < -0.4 is 11.1 Å². The summed E-state index contributed by atoms with van der Waals surface area (Å²) in [6, 6.07) is 5.79. The van der Waals surface area contributed by atoms with Gasteiger partial charge in [-0.2, -0.15) is 13.2 Å². The van der Waals surface area contributed by atoms with Crippen LogP contribution in [0.1, 0.15) is 18.4 Å². The normalized spacial score (nSPS) is 17.2. The molecule has 0 bridgehead atoms. The van der Waals surface area contributed by atoms with Gasteiger partial charge < -0.3 is 15.8 Å². The van der Waals surface area contributed by atoms with Crippen molar-refractivity contribution >= 4 is 24.0 Å². The lowest BCUT2D eigenvalue weighted by molar-refractivity contribution is -0.130. The van der Waals surface area contributed by atoms with Gasteiger partial charge in [-0.15, -0.1) is 12.4 Å². The fraction of sp³-hybridized carbons (Fsp3) is 0.533. The molecule has 0 unspecified atom stereocenters. The molecule has 2 rings (SSSR count). The van der Waals surface area contributed by atoms with Gasteiger partial charge in [0.15, 0.2) is 0 Å². The Labute approximate surface area is 139 Å². The molecule has 1 amide bonds. The smallest absolute Gasteiger partial charge is 0.381 e. The number of amides is 1. The minimum Gasteiger partial charge on any atom is -0.381 e. The lowest BCUT2D eigenvalue weighted by atomic mass is 9.79. The van der Waals surface area contributed by atoms with Crippen LogP contribution in [0.2, 0.25) is 0 Å². The van der Waals surface area contributed by atoms with Crippen molar-refractivity contribution in [3.8, 4) is 0 Å². The van der Waals surface area contributed by atoms with E-state index in [1.807, 2.05) is 0 Å². The van der Waals surface area contributed by atoms with Gasteiger partial charge in [-0.25, -0.2) is 0 Å². The van der Waals surface area contributed by atoms with Gasteiger partial charge in [0.05, 0.1) is 11.8 Å². The molecule has 1 saturated heterocycles. The topological polar surface area (TPSA) is 64.4 Å². The van der Waals surface area contributed by atoms with Crippen molar-refractivity contribution in [3.63, 3.8) is 0 Å². The average molecular weight is 353 g/mol. The van der Waals surface area contributed by atoms with E-state index in [9.17, 15) is 18.0 Å². The Hall–Kier alpha value is -1.31. The molecule has 1 fully saturated rings. The summed E-state index contributed by atoms with van der Waals surface area (Å²) in [5, 5.41) is 2.69. The van der Waals surface area contributed by atoms with Gasteiger partial charge >= 0.3 is 6.18 Å². The largest absolute Gasteiger partial charge is 0.393 e. The first-order valence-corrected chi connectivity index (χ1v) is 7.10. The number of nitrogens with one attached hydrogen (secondary N) is 1. The number of benzene rings is 1. The Morgan fingerprint density at radius 3 is 2.52 bits per heavy atom. The Bertz CT molecular complexity index is 532. The number of nitrogens with two attached hydrogens (primary N) is 1. The number of carbonyl (C=O) groups is 1. The maximum absolute atomic E-state index is 12.4. The second kappa shape index (κ2) is 7.99. The Kier molecular flexibility index (Phi) is 6.85. The molecule has 3 N–H and O–H groups in total. The lowest BCUT2D eigenvalue weighted by Gasteiger charge is -2.34. The number of rotatable bonds is 4. The Morgan fingerprint density at radius 1 is 1.30 bits per heavy atom. The van der Waals surface area contributed by atoms with Gasteiger partial charge in [-0.3, -0.25) is 4.79 Å². The van der Waals surface area contributed by atoms with E-state index in [1.54, 1.807) is 6.07 Å². The molecule has 0 aromatic heterocycles. The van der Waals surface area contributed by atoms with Gasteiger partial charge in [0, 0.05) is 25.4 Å². The van der Waals surface area contributed by atoms with E-state index in [0.29, 0.717) is 31.7 Å². The zero-order valence-corrected chi connectivity index (χ0v) is 13.3. The highest BCUT2D eigenvalue weighted by molar-refractivity contribution is 5.95. The van der Waals surface area contributed by atoms with Crippen LogP contribution in [0.3, 0.4) is 0 Å². The molecule has 8 heteroatoms. The average Bonchev–Trinajstić information content (AvgIpc) is 2.46. The number of hydrogen-bond acceptors (Lipinski definition) is 3. The minimum absolute atomic E-state index is 0. The number of ether oxygens (including phenoxy) is 1. The number of hydrogen-bond donors (Lipinski definition) is 2. The first-order chi connectivity index (χ1) is 10.3. The van der Waals surface area contributed by atoms with E-state index < -0.39 is 18.0 Å². The molecule has 0 radical (unpaired) electrons. The van der Waals surface area contributed by atoms with Crippen molar-refractivity contribution in [2.75, 3.05) is 25.1 Å². The Morgan fingerprint density at radius 2 is 1.96 bits per heavy atom. The summed E-state index contributed by atoms with van der Waals surface area (Å²) in [5.41, 5.74) is 5.49. The zero-order chi connectivity index (χ0) is 16.2. The molecule has 130 valence electrons. The van der Waals surface area contributed by atoms with Crippen molar-refractivity contribution in [2.45, 2.75) is 25.4 Å². The zero-order valence-electron chi connectivity index (χ0n) is 12.5. The van der Waals surface area contributed by atoms with Crippen LogP contribution in [0.5, 0.6) is 0 Å². The second-order valence-electron chi connectivity index (χ2n) is 5.54. The van der Waals surface area contributed by atoms with Crippen LogP contribution >= 0.6 is 12.4 Å². The third-order valence-electron chi connectivity index (χ3n) is 3.91. The summed E-state index contributed by atoms with van der Waals surface area (Å²) in [5.74, 6) is -0.262. The second-order valence-corrected chi connectivity index (χ2v) is 5.54. The highest BCUT2D eigenvalue weighted by Gasteiger charge is 2.38. The third kappa shape index (κ3) is 5.37. The molecule has 0 spiro atoms. The summed E-state index contributed by atoms with van der Waals surface area (Å²) >= 11 is 0. The molecule has 1 aromatic rings.